The van der Waals surface area contributed by atoms with Crippen molar-refractivity contribution in [3.63, 3.8) is 0 Å². The molecule has 3 aromatic heterocycles. The fraction of sp³-hybridized carbons (Fsp3) is 0.0500. The smallest absolute Gasteiger partial charge is 0.260 e. The highest BCUT2D eigenvalue weighted by Gasteiger charge is 2.20. The molecule has 0 bridgehead atoms. The number of rotatable bonds is 5. The van der Waals surface area contributed by atoms with Gasteiger partial charge in [-0.1, -0.05) is 30.3 Å². The summed E-state index contributed by atoms with van der Waals surface area (Å²) in [4.78, 5) is 20.3. The Morgan fingerprint density at radius 1 is 1.20 bits per heavy atom. The summed E-state index contributed by atoms with van der Waals surface area (Å²) in [7, 11) is 0. The summed E-state index contributed by atoms with van der Waals surface area (Å²) in [6, 6.07) is 15.3. The number of para-hydroxylation sites is 3. The lowest BCUT2D eigenvalue weighted by Gasteiger charge is -2.06. The molecule has 0 aliphatic heterocycles. The molecule has 0 aliphatic carbocycles. The fourth-order valence-electron chi connectivity index (χ4n) is 3.32. The zero-order chi connectivity index (χ0) is 20.5. The number of nitrogen functional groups attached to an aromatic ring is 1. The first kappa shape index (κ1) is 17.6. The van der Waals surface area contributed by atoms with E-state index in [4.69, 9.17) is 10.4 Å². The largest absolute Gasteiger partial charge is 0.379 e. The molecule has 0 spiro atoms. The highest BCUT2D eigenvalue weighted by molar-refractivity contribution is 5.99. The van der Waals surface area contributed by atoms with Crippen LogP contribution in [0.5, 0.6) is 0 Å². The first-order valence-electron chi connectivity index (χ1n) is 9.12. The monoisotopic (exact) mass is 400 g/mol. The van der Waals surface area contributed by atoms with E-state index in [0.29, 0.717) is 11.3 Å². The lowest BCUT2D eigenvalue weighted by Crippen LogP contribution is -2.23. The second-order valence-corrected chi connectivity index (χ2v) is 6.59. The number of aromatic nitrogens is 5. The number of carbonyl (C=O) groups is 1. The van der Waals surface area contributed by atoms with Gasteiger partial charge in [-0.2, -0.15) is 5.10 Å². The molecule has 0 fully saturated rings. The number of hydrazone groups is 1. The molecule has 0 saturated heterocycles. The number of H-pyrrole nitrogens is 1. The molecule has 3 heterocycles. The summed E-state index contributed by atoms with van der Waals surface area (Å²) < 4.78 is 6.39. The van der Waals surface area contributed by atoms with Crippen molar-refractivity contribution < 1.29 is 9.42 Å². The van der Waals surface area contributed by atoms with Crippen LogP contribution >= 0.6 is 0 Å². The van der Waals surface area contributed by atoms with Gasteiger partial charge in [0.15, 0.2) is 17.3 Å². The number of hydrogen-bond donors (Lipinski definition) is 3. The zero-order valence-electron chi connectivity index (χ0n) is 15.6. The highest BCUT2D eigenvalue weighted by Crippen LogP contribution is 2.26. The summed E-state index contributed by atoms with van der Waals surface area (Å²) in [5.74, 6) is 0.167. The Balaban J connectivity index is 1.40. The van der Waals surface area contributed by atoms with Gasteiger partial charge in [-0.15, -0.1) is 0 Å². The molecule has 148 valence electrons. The van der Waals surface area contributed by atoms with Crippen molar-refractivity contribution >= 4 is 39.9 Å². The standard InChI is InChI=1S/C20H16N8O2/c21-19-18(26-30-27-19)20-24-15-7-3-4-8-16(15)28(20)11-17(29)25-23-10-12-9-22-14-6-2-1-5-13(12)14/h1-10,22H,11H2,(H2,21,27)(H,25,29). The van der Waals surface area contributed by atoms with E-state index >= 15 is 0 Å². The van der Waals surface area contributed by atoms with Gasteiger partial charge in [-0.05, 0) is 28.5 Å². The Bertz CT molecular complexity index is 1390. The lowest BCUT2D eigenvalue weighted by molar-refractivity contribution is -0.121. The number of amides is 1. The van der Waals surface area contributed by atoms with Crippen LogP contribution < -0.4 is 11.2 Å². The van der Waals surface area contributed by atoms with E-state index in [1.54, 1.807) is 10.8 Å². The molecule has 0 unspecified atom stereocenters. The van der Waals surface area contributed by atoms with E-state index < -0.39 is 0 Å². The maximum Gasteiger partial charge on any atom is 0.260 e. The highest BCUT2D eigenvalue weighted by atomic mass is 16.6. The van der Waals surface area contributed by atoms with Crippen LogP contribution in [0.25, 0.3) is 33.5 Å². The molecule has 10 heteroatoms. The summed E-state index contributed by atoms with van der Waals surface area (Å²) in [5, 5.41) is 12.5. The van der Waals surface area contributed by atoms with Crippen LogP contribution in [0.2, 0.25) is 0 Å². The van der Waals surface area contributed by atoms with Gasteiger partial charge >= 0.3 is 0 Å². The van der Waals surface area contributed by atoms with Gasteiger partial charge in [0.25, 0.3) is 5.91 Å². The van der Waals surface area contributed by atoms with Crippen molar-refractivity contribution in [2.24, 2.45) is 5.10 Å². The Morgan fingerprint density at radius 2 is 2.03 bits per heavy atom. The maximum absolute atomic E-state index is 12.6. The SMILES string of the molecule is Nc1nonc1-c1nc2ccccc2n1CC(=O)NN=Cc1c[nH]c2ccccc12. The number of anilines is 1. The number of benzene rings is 2. The Labute approximate surface area is 169 Å². The molecule has 10 nitrogen and oxygen atoms in total. The zero-order valence-corrected chi connectivity index (χ0v) is 15.6. The topological polar surface area (TPSA) is 140 Å². The number of fused-ring (bicyclic) bond motifs is 2. The predicted molar refractivity (Wildman–Crippen MR) is 111 cm³/mol. The minimum atomic E-state index is -0.328. The average Bonchev–Trinajstić information content (AvgIpc) is 3.46. The van der Waals surface area contributed by atoms with Gasteiger partial charge in [0.2, 0.25) is 0 Å². The summed E-state index contributed by atoms with van der Waals surface area (Å²) in [5.41, 5.74) is 12.0. The molecule has 5 rings (SSSR count). The molecule has 0 saturated carbocycles. The Morgan fingerprint density at radius 3 is 2.90 bits per heavy atom. The number of nitrogens with one attached hydrogen (secondary N) is 2. The van der Waals surface area contributed by atoms with E-state index in [2.05, 4.69) is 30.8 Å². The molecule has 5 aromatic rings. The van der Waals surface area contributed by atoms with Crippen LogP contribution in [0.3, 0.4) is 0 Å². The molecule has 2 aromatic carbocycles. The third kappa shape index (κ3) is 3.05. The number of hydrogen-bond acceptors (Lipinski definition) is 7. The van der Waals surface area contributed by atoms with Crippen LogP contribution in [-0.2, 0) is 11.3 Å². The van der Waals surface area contributed by atoms with E-state index in [1.165, 1.54) is 0 Å². The number of imidazole rings is 1. The first-order valence-corrected chi connectivity index (χ1v) is 9.12. The second-order valence-electron chi connectivity index (χ2n) is 6.59. The first-order chi connectivity index (χ1) is 14.7. The van der Waals surface area contributed by atoms with Crippen LogP contribution in [0.4, 0.5) is 5.82 Å². The summed E-state index contributed by atoms with van der Waals surface area (Å²) in [6.07, 6.45) is 3.44. The van der Waals surface area contributed by atoms with Crippen molar-refractivity contribution in [3.05, 3.63) is 60.3 Å². The van der Waals surface area contributed by atoms with E-state index in [-0.39, 0.29) is 24.0 Å². The van der Waals surface area contributed by atoms with Crippen LogP contribution in [0.15, 0.2) is 64.5 Å². The normalized spacial score (nSPS) is 11.6. The molecule has 1 amide bonds. The quantitative estimate of drug-likeness (QED) is 0.305. The van der Waals surface area contributed by atoms with E-state index in [1.807, 2.05) is 54.7 Å². The molecule has 4 N–H and O–H groups in total. The third-order valence-electron chi connectivity index (χ3n) is 4.70. The Hall–Kier alpha value is -4.47. The summed E-state index contributed by atoms with van der Waals surface area (Å²) in [6.45, 7) is -0.0344. The van der Waals surface area contributed by atoms with Gasteiger partial charge in [-0.25, -0.2) is 15.0 Å². The van der Waals surface area contributed by atoms with E-state index in [0.717, 1.165) is 22.0 Å². The van der Waals surface area contributed by atoms with Crippen molar-refractivity contribution in [1.82, 2.24) is 30.3 Å². The van der Waals surface area contributed by atoms with E-state index in [9.17, 15) is 4.79 Å². The molecule has 0 aliphatic rings. The molecular formula is C20H16N8O2. The van der Waals surface area contributed by atoms with Crippen LogP contribution in [-0.4, -0.2) is 37.0 Å². The van der Waals surface area contributed by atoms with Gasteiger partial charge < -0.3 is 15.3 Å². The number of nitrogens with zero attached hydrogens (tertiary/aromatic N) is 5. The summed E-state index contributed by atoms with van der Waals surface area (Å²) >= 11 is 0. The van der Waals surface area contributed by atoms with Crippen LogP contribution in [0, 0.1) is 0 Å². The van der Waals surface area contributed by atoms with Crippen molar-refractivity contribution in [2.75, 3.05) is 5.73 Å². The van der Waals surface area contributed by atoms with Crippen molar-refractivity contribution in [3.8, 4) is 11.5 Å². The van der Waals surface area contributed by atoms with Crippen molar-refractivity contribution in [1.29, 1.82) is 0 Å². The Kier molecular flexibility index (Phi) is 4.21. The van der Waals surface area contributed by atoms with Crippen LogP contribution in [0.1, 0.15) is 5.56 Å². The van der Waals surface area contributed by atoms with Gasteiger partial charge in [0.1, 0.15) is 6.54 Å². The minimum Gasteiger partial charge on any atom is -0.379 e. The molecular weight excluding hydrogens is 384 g/mol. The molecule has 30 heavy (non-hydrogen) atoms. The fourth-order valence-corrected chi connectivity index (χ4v) is 3.32. The molecule has 0 atom stereocenters. The number of nitrogens with two attached hydrogens (primary N) is 1. The maximum atomic E-state index is 12.6. The predicted octanol–water partition coefficient (Wildman–Crippen LogP) is 2.30. The number of aromatic amines is 1. The van der Waals surface area contributed by atoms with Crippen molar-refractivity contribution in [2.45, 2.75) is 6.54 Å². The molecule has 0 radical (unpaired) electrons. The second kappa shape index (κ2) is 7.17. The lowest BCUT2D eigenvalue weighted by atomic mass is 10.2. The van der Waals surface area contributed by atoms with Gasteiger partial charge in [0.05, 0.1) is 17.2 Å². The number of carbonyl (C=O) groups excluding carboxylic acids is 1. The van der Waals surface area contributed by atoms with Gasteiger partial charge in [-0.3, -0.25) is 4.79 Å². The average molecular weight is 400 g/mol. The third-order valence-corrected chi connectivity index (χ3v) is 4.70. The van der Waals surface area contributed by atoms with Gasteiger partial charge in [0, 0.05) is 22.7 Å². The minimum absolute atomic E-state index is 0.0344.